The Morgan fingerprint density at radius 1 is 1.30 bits per heavy atom. The first kappa shape index (κ1) is 15.1. The molecular weight excluding hydrogens is 301 g/mol. The van der Waals surface area contributed by atoms with Gasteiger partial charge in [0.1, 0.15) is 6.04 Å². The molecule has 1 amide bonds. The maximum Gasteiger partial charge on any atom is 0.328 e. The van der Waals surface area contributed by atoms with Crippen molar-refractivity contribution in [1.82, 2.24) is 5.32 Å². The molecule has 3 atom stereocenters. The van der Waals surface area contributed by atoms with Crippen LogP contribution in [0.5, 0.6) is 0 Å². The summed E-state index contributed by atoms with van der Waals surface area (Å²) in [5.74, 6) is -0.641. The molecule has 1 aliphatic carbocycles. The van der Waals surface area contributed by atoms with Crippen LogP contribution in [-0.4, -0.2) is 25.0 Å². The van der Waals surface area contributed by atoms with Crippen molar-refractivity contribution in [2.24, 2.45) is 5.92 Å². The lowest BCUT2D eigenvalue weighted by atomic mass is 10.1. The molecule has 0 aromatic heterocycles. The monoisotopic (exact) mass is 315 g/mol. The molecule has 1 aromatic rings. The van der Waals surface area contributed by atoms with E-state index in [2.05, 4.69) is 10.1 Å². The lowest BCUT2D eigenvalue weighted by molar-refractivity contribution is -0.144. The second-order valence-electron chi connectivity index (χ2n) is 4.90. The Hall–Kier alpha value is -1.26. The Balaban J connectivity index is 1.97. The summed E-state index contributed by atoms with van der Waals surface area (Å²) < 4.78 is 4.57. The fraction of sp³-hybridized carbons (Fsp3) is 0.429. The van der Waals surface area contributed by atoms with E-state index in [1.165, 1.54) is 7.11 Å². The van der Waals surface area contributed by atoms with E-state index in [0.717, 1.165) is 12.0 Å². The average Bonchev–Trinajstić information content (AvgIpc) is 3.16. The van der Waals surface area contributed by atoms with Gasteiger partial charge in [-0.15, -0.1) is 0 Å². The highest BCUT2D eigenvalue weighted by atomic mass is 35.5. The number of nitrogens with one attached hydrogen (secondary N) is 1. The molecule has 2 rings (SSSR count). The van der Waals surface area contributed by atoms with Crippen molar-refractivity contribution >= 4 is 35.1 Å². The summed E-state index contributed by atoms with van der Waals surface area (Å²) in [5, 5.41) is 3.76. The quantitative estimate of drug-likeness (QED) is 0.869. The molecule has 0 heterocycles. The highest BCUT2D eigenvalue weighted by Gasteiger charge is 2.44. The van der Waals surface area contributed by atoms with Crippen LogP contribution in [0.1, 0.15) is 24.8 Å². The summed E-state index contributed by atoms with van der Waals surface area (Å²) in [7, 11) is 1.29. The number of ether oxygens (including phenoxy) is 1. The number of esters is 1. The van der Waals surface area contributed by atoms with Gasteiger partial charge in [0, 0.05) is 16.0 Å². The maximum atomic E-state index is 12.0. The van der Waals surface area contributed by atoms with Crippen LogP contribution in [0.4, 0.5) is 0 Å². The van der Waals surface area contributed by atoms with Crippen LogP contribution in [0.2, 0.25) is 10.0 Å². The second kappa shape index (κ2) is 6.02. The normalized spacial score (nSPS) is 22.0. The van der Waals surface area contributed by atoms with Crippen molar-refractivity contribution in [3.63, 3.8) is 0 Å². The number of carbonyl (C=O) groups excluding carboxylic acids is 2. The first-order valence-corrected chi connectivity index (χ1v) is 7.02. The van der Waals surface area contributed by atoms with Crippen LogP contribution < -0.4 is 5.32 Å². The Kier molecular flexibility index (Phi) is 4.55. The summed E-state index contributed by atoms with van der Waals surface area (Å²) in [6, 6.07) is 4.64. The summed E-state index contributed by atoms with van der Waals surface area (Å²) in [4.78, 5) is 23.3. The largest absolute Gasteiger partial charge is 0.467 e. The number of rotatable bonds is 4. The lowest BCUT2D eigenvalue weighted by Crippen LogP contribution is -2.40. The third kappa shape index (κ3) is 3.44. The Morgan fingerprint density at radius 3 is 2.45 bits per heavy atom. The summed E-state index contributed by atoms with van der Waals surface area (Å²) in [6.45, 7) is 1.59. The number of hydrogen-bond donors (Lipinski definition) is 1. The van der Waals surface area contributed by atoms with Gasteiger partial charge in [0.2, 0.25) is 5.91 Å². The van der Waals surface area contributed by atoms with E-state index in [1.54, 1.807) is 13.0 Å². The minimum absolute atomic E-state index is 0.107. The molecule has 1 aromatic carbocycles. The summed E-state index contributed by atoms with van der Waals surface area (Å²) >= 11 is 11.9. The standard InChI is InChI=1S/C14H15Cl2NO3/c1-7(14(19)20-2)17-13(18)12-6-11(12)8-3-9(15)5-10(16)4-8/h3-5,7,11-12H,6H2,1-2H3,(H,17,18)/t7-,11+,12+/m0/s1. The number of carbonyl (C=O) groups is 2. The molecule has 108 valence electrons. The summed E-state index contributed by atoms with van der Waals surface area (Å²) in [6.07, 6.45) is 0.733. The van der Waals surface area contributed by atoms with Crippen molar-refractivity contribution in [3.05, 3.63) is 33.8 Å². The average molecular weight is 316 g/mol. The van der Waals surface area contributed by atoms with Crippen molar-refractivity contribution in [3.8, 4) is 0 Å². The molecule has 0 radical (unpaired) electrons. The van der Waals surface area contributed by atoms with Crippen molar-refractivity contribution in [1.29, 1.82) is 0 Å². The van der Waals surface area contributed by atoms with Crippen molar-refractivity contribution in [2.75, 3.05) is 7.11 Å². The number of methoxy groups -OCH3 is 1. The number of benzene rings is 1. The molecule has 0 spiro atoms. The summed E-state index contributed by atoms with van der Waals surface area (Å²) in [5.41, 5.74) is 0.952. The number of halogens is 2. The molecule has 1 N–H and O–H groups in total. The van der Waals surface area contributed by atoms with Gasteiger partial charge in [-0.3, -0.25) is 4.79 Å². The smallest absolute Gasteiger partial charge is 0.328 e. The van der Waals surface area contributed by atoms with Gasteiger partial charge in [0.25, 0.3) is 0 Å². The van der Waals surface area contributed by atoms with E-state index >= 15 is 0 Å². The molecule has 20 heavy (non-hydrogen) atoms. The van der Waals surface area contributed by atoms with Crippen molar-refractivity contribution in [2.45, 2.75) is 25.3 Å². The van der Waals surface area contributed by atoms with E-state index in [1.807, 2.05) is 12.1 Å². The molecule has 6 heteroatoms. The van der Waals surface area contributed by atoms with Crippen LogP contribution in [0.15, 0.2) is 18.2 Å². The molecule has 0 bridgehead atoms. The second-order valence-corrected chi connectivity index (χ2v) is 5.78. The first-order valence-electron chi connectivity index (χ1n) is 6.26. The molecule has 1 saturated carbocycles. The highest BCUT2D eigenvalue weighted by Crippen LogP contribution is 2.48. The highest BCUT2D eigenvalue weighted by molar-refractivity contribution is 6.34. The zero-order valence-corrected chi connectivity index (χ0v) is 12.7. The van der Waals surface area contributed by atoms with Gasteiger partial charge in [-0.05, 0) is 43.0 Å². The molecule has 1 fully saturated rings. The molecular formula is C14H15Cl2NO3. The predicted molar refractivity (Wildman–Crippen MR) is 76.9 cm³/mol. The topological polar surface area (TPSA) is 55.4 Å². The Morgan fingerprint density at radius 2 is 1.90 bits per heavy atom. The van der Waals surface area contributed by atoms with Gasteiger partial charge in [0.15, 0.2) is 0 Å². The molecule has 0 saturated heterocycles. The van der Waals surface area contributed by atoms with Gasteiger partial charge in [-0.1, -0.05) is 23.2 Å². The van der Waals surface area contributed by atoms with E-state index in [9.17, 15) is 9.59 Å². The number of amides is 1. The van der Waals surface area contributed by atoms with Gasteiger partial charge in [0.05, 0.1) is 7.11 Å². The van der Waals surface area contributed by atoms with Gasteiger partial charge in [-0.2, -0.15) is 0 Å². The zero-order chi connectivity index (χ0) is 14.9. The fourth-order valence-corrected chi connectivity index (χ4v) is 2.74. The maximum absolute atomic E-state index is 12.0. The zero-order valence-electron chi connectivity index (χ0n) is 11.2. The van der Waals surface area contributed by atoms with E-state index in [0.29, 0.717) is 10.0 Å². The SMILES string of the molecule is COC(=O)[C@H](C)NC(=O)[C@@H]1C[C@@H]1c1cc(Cl)cc(Cl)c1. The van der Waals surface area contributed by atoms with Crippen LogP contribution in [0, 0.1) is 5.92 Å². The van der Waals surface area contributed by atoms with Crippen LogP contribution >= 0.6 is 23.2 Å². The first-order chi connectivity index (χ1) is 9.42. The molecule has 1 aliphatic rings. The third-order valence-electron chi connectivity index (χ3n) is 3.35. The minimum atomic E-state index is -0.642. The number of hydrogen-bond acceptors (Lipinski definition) is 3. The van der Waals surface area contributed by atoms with Gasteiger partial charge in [-0.25, -0.2) is 4.79 Å². The van der Waals surface area contributed by atoms with E-state index < -0.39 is 12.0 Å². The van der Waals surface area contributed by atoms with E-state index in [-0.39, 0.29) is 17.7 Å². The molecule has 0 aliphatic heterocycles. The molecule has 0 unspecified atom stereocenters. The van der Waals surface area contributed by atoms with Crippen LogP contribution in [-0.2, 0) is 14.3 Å². The van der Waals surface area contributed by atoms with Gasteiger partial charge >= 0.3 is 5.97 Å². The minimum Gasteiger partial charge on any atom is -0.467 e. The van der Waals surface area contributed by atoms with Crippen LogP contribution in [0.3, 0.4) is 0 Å². The van der Waals surface area contributed by atoms with Gasteiger partial charge < -0.3 is 10.1 Å². The van der Waals surface area contributed by atoms with Crippen LogP contribution in [0.25, 0.3) is 0 Å². The predicted octanol–water partition coefficient (Wildman–Crippen LogP) is 2.77. The van der Waals surface area contributed by atoms with Crippen molar-refractivity contribution < 1.29 is 14.3 Å². The third-order valence-corrected chi connectivity index (χ3v) is 3.79. The Bertz CT molecular complexity index is 527. The Labute approximate surface area is 127 Å². The van der Waals surface area contributed by atoms with E-state index in [4.69, 9.17) is 23.2 Å². The lowest BCUT2D eigenvalue weighted by Gasteiger charge is -2.11. The fourth-order valence-electron chi connectivity index (χ4n) is 2.20. The molecule has 4 nitrogen and oxygen atoms in total.